The van der Waals surface area contributed by atoms with E-state index in [2.05, 4.69) is 56.5 Å². The van der Waals surface area contributed by atoms with Crippen LogP contribution in [0, 0.1) is 5.92 Å². The molecule has 0 spiro atoms. The van der Waals surface area contributed by atoms with Crippen molar-refractivity contribution in [3.8, 4) is 0 Å². The Morgan fingerprint density at radius 3 is 2.09 bits per heavy atom. The van der Waals surface area contributed by atoms with E-state index in [4.69, 9.17) is 0 Å². The van der Waals surface area contributed by atoms with Gasteiger partial charge in [-0.25, -0.2) is 0 Å². The van der Waals surface area contributed by atoms with Gasteiger partial charge in [0.1, 0.15) is 0 Å². The van der Waals surface area contributed by atoms with Crippen LogP contribution in [0.2, 0.25) is 0 Å². The maximum absolute atomic E-state index is 3.72. The van der Waals surface area contributed by atoms with Crippen LogP contribution in [0.3, 0.4) is 0 Å². The van der Waals surface area contributed by atoms with Crippen molar-refractivity contribution in [1.82, 2.24) is 5.32 Å². The first kappa shape index (κ1) is 18.3. The van der Waals surface area contributed by atoms with Crippen LogP contribution in [0.15, 0.2) is 18.2 Å². The standard InChI is InChI=1S/C21H36N2/c1-16(2)19-11-8-12-20(17(3)4)21(19)23-14-13-22-15-18-9-6-5-7-10-18/h8,11-12,16-18,22-23H,5-7,9-10,13-15H2,1-4H3. The molecule has 0 unspecified atom stereocenters. The highest BCUT2D eigenvalue weighted by Gasteiger charge is 2.14. The maximum atomic E-state index is 3.72. The molecule has 0 aromatic heterocycles. The van der Waals surface area contributed by atoms with E-state index < -0.39 is 0 Å². The molecule has 1 aromatic carbocycles. The second kappa shape index (κ2) is 9.32. The zero-order valence-corrected chi connectivity index (χ0v) is 15.6. The van der Waals surface area contributed by atoms with Crippen molar-refractivity contribution < 1.29 is 0 Å². The highest BCUT2D eigenvalue weighted by molar-refractivity contribution is 5.60. The SMILES string of the molecule is CC(C)c1cccc(C(C)C)c1NCCNCC1CCCCC1. The zero-order valence-electron chi connectivity index (χ0n) is 15.6. The molecule has 0 radical (unpaired) electrons. The molecule has 0 aliphatic heterocycles. The molecule has 2 rings (SSSR count). The van der Waals surface area contributed by atoms with Crippen LogP contribution in [0.25, 0.3) is 0 Å². The lowest BCUT2D eigenvalue weighted by Gasteiger charge is -2.23. The third kappa shape index (κ3) is 5.53. The van der Waals surface area contributed by atoms with E-state index in [1.54, 1.807) is 0 Å². The molecule has 0 amide bonds. The minimum atomic E-state index is 0.561. The molecule has 2 heteroatoms. The van der Waals surface area contributed by atoms with Gasteiger partial charge < -0.3 is 10.6 Å². The van der Waals surface area contributed by atoms with Gasteiger partial charge in [0.15, 0.2) is 0 Å². The number of para-hydroxylation sites is 1. The Bertz CT molecular complexity index is 433. The van der Waals surface area contributed by atoms with Gasteiger partial charge in [-0.15, -0.1) is 0 Å². The lowest BCUT2D eigenvalue weighted by atomic mass is 9.89. The van der Waals surface area contributed by atoms with E-state index in [9.17, 15) is 0 Å². The largest absolute Gasteiger partial charge is 0.383 e. The molecule has 0 saturated heterocycles. The lowest BCUT2D eigenvalue weighted by molar-refractivity contribution is 0.344. The first-order valence-electron chi connectivity index (χ1n) is 9.67. The quantitative estimate of drug-likeness (QED) is 0.617. The van der Waals surface area contributed by atoms with Crippen molar-refractivity contribution in [2.75, 3.05) is 25.0 Å². The van der Waals surface area contributed by atoms with E-state index in [0.717, 1.165) is 19.0 Å². The second-order valence-electron chi connectivity index (χ2n) is 7.76. The van der Waals surface area contributed by atoms with Crippen molar-refractivity contribution in [2.24, 2.45) is 5.92 Å². The Morgan fingerprint density at radius 1 is 0.913 bits per heavy atom. The van der Waals surface area contributed by atoms with Crippen molar-refractivity contribution in [1.29, 1.82) is 0 Å². The summed E-state index contributed by atoms with van der Waals surface area (Å²) >= 11 is 0. The fourth-order valence-corrected chi connectivity index (χ4v) is 3.73. The molecule has 130 valence electrons. The normalized spacial score (nSPS) is 16.3. The average Bonchev–Trinajstić information content (AvgIpc) is 2.55. The molecule has 2 nitrogen and oxygen atoms in total. The molecule has 2 N–H and O–H groups in total. The Kier molecular flexibility index (Phi) is 7.42. The Morgan fingerprint density at radius 2 is 1.52 bits per heavy atom. The van der Waals surface area contributed by atoms with Crippen LogP contribution in [-0.4, -0.2) is 19.6 Å². The molecule has 1 fully saturated rings. The van der Waals surface area contributed by atoms with Crippen LogP contribution in [0.1, 0.15) is 82.8 Å². The summed E-state index contributed by atoms with van der Waals surface area (Å²) in [5.74, 6) is 2.04. The monoisotopic (exact) mass is 316 g/mol. The molecule has 0 atom stereocenters. The van der Waals surface area contributed by atoms with E-state index in [1.807, 2.05) is 0 Å². The second-order valence-corrected chi connectivity index (χ2v) is 7.76. The van der Waals surface area contributed by atoms with Gasteiger partial charge >= 0.3 is 0 Å². The summed E-state index contributed by atoms with van der Waals surface area (Å²) in [6.45, 7) is 12.4. The maximum Gasteiger partial charge on any atom is 0.0410 e. The first-order chi connectivity index (χ1) is 11.1. The summed E-state index contributed by atoms with van der Waals surface area (Å²) < 4.78 is 0. The van der Waals surface area contributed by atoms with Crippen LogP contribution >= 0.6 is 0 Å². The summed E-state index contributed by atoms with van der Waals surface area (Å²) in [4.78, 5) is 0. The topological polar surface area (TPSA) is 24.1 Å². The Balaban J connectivity index is 1.84. The van der Waals surface area contributed by atoms with Crippen LogP contribution < -0.4 is 10.6 Å². The predicted octanol–water partition coefficient (Wildman–Crippen LogP) is 5.52. The van der Waals surface area contributed by atoms with E-state index >= 15 is 0 Å². The number of nitrogens with one attached hydrogen (secondary N) is 2. The van der Waals surface area contributed by atoms with Gasteiger partial charge in [-0.3, -0.25) is 0 Å². The molecule has 0 bridgehead atoms. The predicted molar refractivity (Wildman–Crippen MR) is 103 cm³/mol. The van der Waals surface area contributed by atoms with Crippen LogP contribution in [-0.2, 0) is 0 Å². The number of hydrogen-bond donors (Lipinski definition) is 2. The average molecular weight is 317 g/mol. The number of rotatable bonds is 8. The number of benzene rings is 1. The smallest absolute Gasteiger partial charge is 0.0410 e. The fraction of sp³-hybridized carbons (Fsp3) is 0.714. The fourth-order valence-electron chi connectivity index (χ4n) is 3.73. The minimum Gasteiger partial charge on any atom is -0.383 e. The van der Waals surface area contributed by atoms with Gasteiger partial charge in [-0.1, -0.05) is 65.2 Å². The van der Waals surface area contributed by atoms with E-state index in [1.165, 1.54) is 55.5 Å². The summed E-state index contributed by atoms with van der Waals surface area (Å²) in [5.41, 5.74) is 4.27. The lowest BCUT2D eigenvalue weighted by Crippen LogP contribution is -2.29. The summed E-state index contributed by atoms with van der Waals surface area (Å²) in [6, 6.07) is 6.75. The number of anilines is 1. The molecule has 1 saturated carbocycles. The minimum absolute atomic E-state index is 0.561. The zero-order chi connectivity index (χ0) is 16.7. The molecule has 1 aliphatic rings. The van der Waals surface area contributed by atoms with Crippen molar-refractivity contribution in [2.45, 2.75) is 71.6 Å². The molecular formula is C21H36N2. The van der Waals surface area contributed by atoms with Gasteiger partial charge in [-0.2, -0.15) is 0 Å². The highest BCUT2D eigenvalue weighted by atomic mass is 14.9. The molecule has 0 heterocycles. The van der Waals surface area contributed by atoms with Gasteiger partial charge in [0.05, 0.1) is 0 Å². The third-order valence-electron chi connectivity index (χ3n) is 5.13. The first-order valence-corrected chi connectivity index (χ1v) is 9.67. The summed E-state index contributed by atoms with van der Waals surface area (Å²) in [5, 5.41) is 7.38. The van der Waals surface area contributed by atoms with E-state index in [0.29, 0.717) is 11.8 Å². The Hall–Kier alpha value is -1.02. The summed E-state index contributed by atoms with van der Waals surface area (Å²) in [6.07, 6.45) is 7.17. The van der Waals surface area contributed by atoms with Crippen LogP contribution in [0.4, 0.5) is 5.69 Å². The Labute approximate surface area is 143 Å². The van der Waals surface area contributed by atoms with Gasteiger partial charge in [0.2, 0.25) is 0 Å². The highest BCUT2D eigenvalue weighted by Crippen LogP contribution is 2.32. The summed E-state index contributed by atoms with van der Waals surface area (Å²) in [7, 11) is 0. The molecule has 23 heavy (non-hydrogen) atoms. The van der Waals surface area contributed by atoms with Crippen LogP contribution in [0.5, 0.6) is 0 Å². The molecule has 1 aromatic rings. The van der Waals surface area contributed by atoms with Gasteiger partial charge in [-0.05, 0) is 48.3 Å². The molecular weight excluding hydrogens is 280 g/mol. The number of hydrogen-bond acceptors (Lipinski definition) is 2. The molecule has 1 aliphatic carbocycles. The van der Waals surface area contributed by atoms with Gasteiger partial charge in [0, 0.05) is 18.8 Å². The van der Waals surface area contributed by atoms with Crippen molar-refractivity contribution in [3.63, 3.8) is 0 Å². The third-order valence-corrected chi connectivity index (χ3v) is 5.13. The van der Waals surface area contributed by atoms with Crippen molar-refractivity contribution >= 4 is 5.69 Å². The van der Waals surface area contributed by atoms with E-state index in [-0.39, 0.29) is 0 Å². The van der Waals surface area contributed by atoms with Crippen molar-refractivity contribution in [3.05, 3.63) is 29.3 Å². The van der Waals surface area contributed by atoms with Gasteiger partial charge in [0.25, 0.3) is 0 Å².